The maximum atomic E-state index is 10.4. The van der Waals surface area contributed by atoms with Gasteiger partial charge < -0.3 is 21.0 Å². The van der Waals surface area contributed by atoms with E-state index >= 15 is 0 Å². The smallest absolute Gasteiger partial charge is 0.138 e. The third-order valence-corrected chi connectivity index (χ3v) is 1.85. The molecule has 0 saturated heterocycles. The molecule has 4 heteroatoms. The van der Waals surface area contributed by atoms with Crippen molar-refractivity contribution >= 4 is 6.29 Å². The Labute approximate surface area is 73.1 Å². The Balaban J connectivity index is 3.90. The highest BCUT2D eigenvalue weighted by Gasteiger charge is 2.15. The molecule has 0 radical (unpaired) electrons. The van der Waals surface area contributed by atoms with Crippen LogP contribution in [0.15, 0.2) is 0 Å². The molecule has 4 nitrogen and oxygen atoms in total. The molecule has 2 atom stereocenters. The second-order valence-electron chi connectivity index (χ2n) is 3.18. The largest absolute Gasteiger partial charge is 0.395 e. The first-order chi connectivity index (χ1) is 5.65. The second-order valence-corrected chi connectivity index (χ2v) is 3.18. The zero-order chi connectivity index (χ0) is 9.56. The number of nitrogens with one attached hydrogen (secondary N) is 1. The van der Waals surface area contributed by atoms with Gasteiger partial charge in [-0.25, -0.2) is 0 Å². The summed E-state index contributed by atoms with van der Waals surface area (Å²) in [6.07, 6.45) is 0.769. The average molecular weight is 174 g/mol. The lowest BCUT2D eigenvalue weighted by molar-refractivity contribution is -0.109. The van der Waals surface area contributed by atoms with Crippen LogP contribution in [0, 0.1) is 5.92 Å². The van der Waals surface area contributed by atoms with E-state index in [0.29, 0.717) is 5.92 Å². The Morgan fingerprint density at radius 2 is 2.17 bits per heavy atom. The Kier molecular flexibility index (Phi) is 5.88. The quantitative estimate of drug-likeness (QED) is 0.457. The van der Waals surface area contributed by atoms with Gasteiger partial charge >= 0.3 is 0 Å². The van der Waals surface area contributed by atoms with Crippen molar-refractivity contribution in [3.8, 4) is 0 Å². The number of carbonyl (C=O) groups is 1. The van der Waals surface area contributed by atoms with E-state index < -0.39 is 0 Å². The van der Waals surface area contributed by atoms with Crippen molar-refractivity contribution in [3.63, 3.8) is 0 Å². The van der Waals surface area contributed by atoms with E-state index in [1.807, 2.05) is 13.8 Å². The van der Waals surface area contributed by atoms with E-state index in [-0.39, 0.29) is 25.2 Å². The van der Waals surface area contributed by atoms with Gasteiger partial charge in [-0.1, -0.05) is 13.8 Å². The summed E-state index contributed by atoms with van der Waals surface area (Å²) in [6, 6.07) is -0.395. The predicted octanol–water partition coefficient (Wildman–Crippen LogP) is -0.881. The van der Waals surface area contributed by atoms with E-state index in [4.69, 9.17) is 10.8 Å². The normalized spacial score (nSPS) is 16.1. The summed E-state index contributed by atoms with van der Waals surface area (Å²) in [5.41, 5.74) is 5.31. The Bertz CT molecular complexity index is 128. The van der Waals surface area contributed by atoms with Gasteiger partial charge in [0.05, 0.1) is 12.6 Å². The number of rotatable bonds is 6. The maximum Gasteiger partial charge on any atom is 0.138 e. The van der Waals surface area contributed by atoms with Gasteiger partial charge in [0, 0.05) is 12.6 Å². The maximum absolute atomic E-state index is 10.4. The van der Waals surface area contributed by atoms with Gasteiger partial charge in [-0.3, -0.25) is 0 Å². The number of aliphatic hydroxyl groups excluding tert-OH is 1. The summed E-state index contributed by atoms with van der Waals surface area (Å²) in [7, 11) is 0. The first-order valence-electron chi connectivity index (χ1n) is 4.18. The number of nitrogens with two attached hydrogens (primary N) is 1. The molecule has 0 spiro atoms. The van der Waals surface area contributed by atoms with Crippen LogP contribution >= 0.6 is 0 Å². The van der Waals surface area contributed by atoms with Crippen LogP contribution in [-0.2, 0) is 4.79 Å². The molecular formula is C8H18N2O2. The summed E-state index contributed by atoms with van der Waals surface area (Å²) < 4.78 is 0. The molecule has 4 N–H and O–H groups in total. The van der Waals surface area contributed by atoms with Crippen molar-refractivity contribution in [1.82, 2.24) is 5.32 Å². The van der Waals surface area contributed by atoms with Crippen LogP contribution in [0.1, 0.15) is 13.8 Å². The van der Waals surface area contributed by atoms with Crippen LogP contribution < -0.4 is 11.1 Å². The Morgan fingerprint density at radius 1 is 1.58 bits per heavy atom. The predicted molar refractivity (Wildman–Crippen MR) is 47.8 cm³/mol. The van der Waals surface area contributed by atoms with Crippen molar-refractivity contribution in [2.75, 3.05) is 13.2 Å². The van der Waals surface area contributed by atoms with Gasteiger partial charge in [-0.05, 0) is 5.92 Å². The summed E-state index contributed by atoms with van der Waals surface area (Å²) in [6.45, 7) is 4.26. The molecule has 0 aliphatic carbocycles. The molecule has 0 fully saturated rings. The monoisotopic (exact) mass is 174 g/mol. The minimum atomic E-state index is -0.343. The van der Waals surface area contributed by atoms with Gasteiger partial charge in [-0.2, -0.15) is 0 Å². The highest BCUT2D eigenvalue weighted by molar-refractivity contribution is 5.57. The van der Waals surface area contributed by atoms with Crippen LogP contribution in [0.2, 0.25) is 0 Å². The van der Waals surface area contributed by atoms with Crippen LogP contribution in [0.4, 0.5) is 0 Å². The van der Waals surface area contributed by atoms with E-state index in [0.717, 1.165) is 6.29 Å². The molecule has 0 bridgehead atoms. The third-order valence-electron chi connectivity index (χ3n) is 1.85. The van der Waals surface area contributed by atoms with Gasteiger partial charge in [0.15, 0.2) is 0 Å². The number of aliphatic hydroxyl groups is 1. The zero-order valence-corrected chi connectivity index (χ0v) is 7.66. The molecule has 0 aromatic carbocycles. The third kappa shape index (κ3) is 3.80. The molecule has 2 unspecified atom stereocenters. The topological polar surface area (TPSA) is 75.3 Å². The molecule has 72 valence electrons. The minimum Gasteiger partial charge on any atom is -0.395 e. The molecule has 12 heavy (non-hydrogen) atoms. The minimum absolute atomic E-state index is 0.0298. The van der Waals surface area contributed by atoms with Crippen LogP contribution in [-0.4, -0.2) is 36.6 Å². The average Bonchev–Trinajstić information content (AvgIpc) is 2.06. The first-order valence-corrected chi connectivity index (χ1v) is 4.18. The van der Waals surface area contributed by atoms with Crippen LogP contribution in [0.3, 0.4) is 0 Å². The van der Waals surface area contributed by atoms with E-state index in [1.165, 1.54) is 0 Å². The van der Waals surface area contributed by atoms with Crippen molar-refractivity contribution in [2.24, 2.45) is 11.7 Å². The molecule has 0 aromatic rings. The van der Waals surface area contributed by atoms with E-state index in [1.54, 1.807) is 0 Å². The summed E-state index contributed by atoms with van der Waals surface area (Å²) >= 11 is 0. The molecule has 0 aromatic heterocycles. The fourth-order valence-electron chi connectivity index (χ4n) is 0.894. The molecule has 0 amide bonds. The van der Waals surface area contributed by atoms with Gasteiger partial charge in [-0.15, -0.1) is 0 Å². The standard InChI is InChI=1S/C8H18N2O2/c1-6(2)8(5-12)10-7(3-9)4-11/h4,6-8,10,12H,3,5,9H2,1-2H3. The lowest BCUT2D eigenvalue weighted by Crippen LogP contribution is -2.47. The molecular weight excluding hydrogens is 156 g/mol. The summed E-state index contributed by atoms with van der Waals surface area (Å²) in [4.78, 5) is 10.4. The lowest BCUT2D eigenvalue weighted by Gasteiger charge is -2.22. The van der Waals surface area contributed by atoms with Crippen molar-refractivity contribution in [2.45, 2.75) is 25.9 Å². The molecule has 0 heterocycles. The van der Waals surface area contributed by atoms with Gasteiger partial charge in [0.1, 0.15) is 6.29 Å². The van der Waals surface area contributed by atoms with Crippen molar-refractivity contribution in [1.29, 1.82) is 0 Å². The zero-order valence-electron chi connectivity index (χ0n) is 7.66. The summed E-state index contributed by atoms with van der Waals surface area (Å²) in [5, 5.41) is 11.9. The van der Waals surface area contributed by atoms with E-state index in [9.17, 15) is 4.79 Å². The highest BCUT2D eigenvalue weighted by atomic mass is 16.3. The molecule has 0 aliphatic heterocycles. The Hall–Kier alpha value is -0.450. The summed E-state index contributed by atoms with van der Waals surface area (Å²) in [5.74, 6) is 0.295. The molecule has 0 saturated carbocycles. The van der Waals surface area contributed by atoms with Gasteiger partial charge in [0.25, 0.3) is 0 Å². The van der Waals surface area contributed by atoms with Crippen LogP contribution in [0.25, 0.3) is 0 Å². The fourth-order valence-corrected chi connectivity index (χ4v) is 0.894. The number of aldehydes is 1. The van der Waals surface area contributed by atoms with E-state index in [2.05, 4.69) is 5.32 Å². The van der Waals surface area contributed by atoms with Gasteiger partial charge in [0.2, 0.25) is 0 Å². The molecule has 0 rings (SSSR count). The Morgan fingerprint density at radius 3 is 2.42 bits per heavy atom. The lowest BCUT2D eigenvalue weighted by atomic mass is 10.0. The van der Waals surface area contributed by atoms with Crippen LogP contribution in [0.5, 0.6) is 0 Å². The molecule has 0 aliphatic rings. The van der Waals surface area contributed by atoms with Crippen molar-refractivity contribution in [3.05, 3.63) is 0 Å². The number of hydrogen-bond donors (Lipinski definition) is 3. The highest BCUT2D eigenvalue weighted by Crippen LogP contribution is 2.00. The second kappa shape index (κ2) is 6.11. The van der Waals surface area contributed by atoms with Crippen molar-refractivity contribution < 1.29 is 9.90 Å². The SMILES string of the molecule is CC(C)C(CO)NC(C=O)CN. The first kappa shape index (κ1) is 11.6. The fraction of sp³-hybridized carbons (Fsp3) is 0.875. The number of hydrogen-bond acceptors (Lipinski definition) is 4. The number of carbonyl (C=O) groups excluding carboxylic acids is 1.